The summed E-state index contributed by atoms with van der Waals surface area (Å²) in [6.07, 6.45) is 7.93. The molecule has 0 bridgehead atoms. The third kappa shape index (κ3) is 9.12. The van der Waals surface area contributed by atoms with Gasteiger partial charge in [0.15, 0.2) is 0 Å². The Morgan fingerprint density at radius 1 is 0.683 bits per heavy atom. The zero-order valence-corrected chi connectivity index (χ0v) is 34.3. The van der Waals surface area contributed by atoms with Crippen LogP contribution in [0.5, 0.6) is 0 Å². The number of alkyl carbamates (subject to hydrolysis) is 1. The normalized spacial score (nSPS) is 21.8. The number of methoxy groups -OCH3 is 2. The van der Waals surface area contributed by atoms with E-state index in [1.165, 1.54) is 14.2 Å². The zero-order valence-electron chi connectivity index (χ0n) is 34.3. The van der Waals surface area contributed by atoms with Gasteiger partial charge >= 0.3 is 6.09 Å². The second kappa shape index (κ2) is 19.1. The highest BCUT2D eigenvalue weighted by atomic mass is 16.6. The van der Waals surface area contributed by atoms with Crippen LogP contribution >= 0.6 is 0 Å². The van der Waals surface area contributed by atoms with Gasteiger partial charge < -0.3 is 49.1 Å². The third-order valence-corrected chi connectivity index (χ3v) is 12.6. The van der Waals surface area contributed by atoms with Crippen molar-refractivity contribution in [2.45, 2.75) is 81.9 Å². The number of aromatic amines is 2. The minimum absolute atomic E-state index is 0.0264. The molecule has 0 spiro atoms. The summed E-state index contributed by atoms with van der Waals surface area (Å²) in [6, 6.07) is 14.9. The van der Waals surface area contributed by atoms with Gasteiger partial charge in [-0.3, -0.25) is 14.9 Å². The van der Waals surface area contributed by atoms with Gasteiger partial charge in [0.05, 0.1) is 49.0 Å². The number of hydrogen-bond donors (Lipinski definition) is 5. The fraction of sp³-hybridized carbons (Fsp3) is 0.523. The number of aromatic nitrogens is 4. The van der Waals surface area contributed by atoms with E-state index < -0.39 is 24.6 Å². The van der Waals surface area contributed by atoms with Gasteiger partial charge in [0.1, 0.15) is 17.7 Å². The molecule has 60 heavy (non-hydrogen) atoms. The molecule has 4 fully saturated rings. The van der Waals surface area contributed by atoms with Gasteiger partial charge in [0.2, 0.25) is 18.2 Å². The van der Waals surface area contributed by atoms with Crippen LogP contribution in [-0.2, 0) is 28.5 Å². The van der Waals surface area contributed by atoms with E-state index in [0.29, 0.717) is 52.4 Å². The number of nitrogens with zero attached hydrogens (tertiary/aromatic N) is 4. The van der Waals surface area contributed by atoms with Crippen LogP contribution in [0.15, 0.2) is 60.9 Å². The van der Waals surface area contributed by atoms with E-state index >= 15 is 0 Å². The first-order valence-electron chi connectivity index (χ1n) is 21.2. The molecule has 16 nitrogen and oxygen atoms in total. The van der Waals surface area contributed by atoms with Gasteiger partial charge in [0, 0.05) is 46.6 Å². The highest BCUT2D eigenvalue weighted by Gasteiger charge is 2.41. The molecule has 320 valence electrons. The Bertz CT molecular complexity index is 2060. The average Bonchev–Trinajstić information content (AvgIpc) is 4.15. The van der Waals surface area contributed by atoms with E-state index in [9.17, 15) is 19.5 Å². The Morgan fingerprint density at radius 2 is 1.12 bits per heavy atom. The third-order valence-electron chi connectivity index (χ3n) is 12.6. The molecule has 0 aliphatic carbocycles. The summed E-state index contributed by atoms with van der Waals surface area (Å²) in [7, 11) is 2.71. The summed E-state index contributed by atoms with van der Waals surface area (Å²) in [5, 5.41) is 16.1. The molecule has 5 N–H and O–H groups in total. The maximum Gasteiger partial charge on any atom is 0.407 e. The topological polar surface area (TPSA) is 196 Å². The predicted molar refractivity (Wildman–Crippen MR) is 221 cm³/mol. The van der Waals surface area contributed by atoms with E-state index in [-0.39, 0.29) is 35.7 Å². The smallest absolute Gasteiger partial charge is 0.407 e. The molecule has 2 aromatic heterocycles. The first kappa shape index (κ1) is 41.6. The van der Waals surface area contributed by atoms with Crippen LogP contribution in [0.1, 0.15) is 75.1 Å². The molecule has 6 heterocycles. The van der Waals surface area contributed by atoms with Crippen LogP contribution in [0.4, 0.5) is 4.79 Å². The van der Waals surface area contributed by atoms with Gasteiger partial charge in [0.25, 0.3) is 0 Å². The lowest BCUT2D eigenvalue weighted by Crippen LogP contribution is -2.54. The number of imidazole rings is 2. The molecule has 4 aliphatic rings. The number of ether oxygens (including phenoxy) is 4. The van der Waals surface area contributed by atoms with Crippen molar-refractivity contribution in [2.75, 3.05) is 53.7 Å². The maximum atomic E-state index is 14.0. The number of aliphatic hydroxyl groups is 1. The molecule has 2 aromatic carbocycles. The van der Waals surface area contributed by atoms with Crippen molar-refractivity contribution in [3.8, 4) is 33.6 Å². The second-order valence-electron chi connectivity index (χ2n) is 16.1. The van der Waals surface area contributed by atoms with E-state index in [1.54, 1.807) is 0 Å². The fourth-order valence-electron chi connectivity index (χ4n) is 9.27. The van der Waals surface area contributed by atoms with Crippen LogP contribution in [0.2, 0.25) is 0 Å². The Kier molecular flexibility index (Phi) is 13.2. The van der Waals surface area contributed by atoms with E-state index in [4.69, 9.17) is 28.9 Å². The Labute approximate surface area is 349 Å². The predicted octanol–water partition coefficient (Wildman–Crippen LogP) is 4.92. The summed E-state index contributed by atoms with van der Waals surface area (Å²) in [6.45, 7) is 3.51. The summed E-state index contributed by atoms with van der Waals surface area (Å²) in [5.74, 6) is 1.31. The Morgan fingerprint density at radius 3 is 1.57 bits per heavy atom. The van der Waals surface area contributed by atoms with Gasteiger partial charge in [-0.2, -0.15) is 0 Å². The number of H-pyrrole nitrogens is 2. The summed E-state index contributed by atoms with van der Waals surface area (Å²) in [5.41, 5.74) is 5.82. The molecular weight excluding hydrogens is 769 g/mol. The highest BCUT2D eigenvalue weighted by molar-refractivity contribution is 5.86. The molecule has 4 saturated heterocycles. The fourth-order valence-corrected chi connectivity index (χ4v) is 9.27. The van der Waals surface area contributed by atoms with Crippen molar-refractivity contribution in [3.63, 3.8) is 0 Å². The Balaban J connectivity index is 0.912. The minimum atomic E-state index is -1.24. The minimum Gasteiger partial charge on any atom is -0.453 e. The SMILES string of the molecule is COC(=O)NC(C(=O)N1CCCC1c1ncc(-c2ccc(-c3ccc(-c4cnc(C5CCCN5C(=O)C(NC(O)OC)C5CCOCC5)[nH]4)cc3)cc2)[nH]1)C1CCOCC1. The van der Waals surface area contributed by atoms with Crippen LogP contribution < -0.4 is 10.6 Å². The monoisotopic (exact) mass is 824 g/mol. The zero-order chi connectivity index (χ0) is 41.6. The summed E-state index contributed by atoms with van der Waals surface area (Å²) in [4.78, 5) is 60.4. The average molecular weight is 825 g/mol. The molecule has 0 saturated carbocycles. The molecule has 0 radical (unpaired) electrons. The molecule has 16 heteroatoms. The van der Waals surface area contributed by atoms with Crippen LogP contribution in [0, 0.1) is 11.8 Å². The Hall–Kier alpha value is -5.13. The standard InChI is InChI=1S/C44H56N8O8/c1-57-43(55)49-37(31-15-21-59-22-16-31)41(53)51-19-3-5-35(51)39-45-25-33(47-39)29-11-7-27(8-12-29)28-9-13-30(14-10-28)34-26-46-40(48-34)36-6-4-20-52(36)42(54)38(50-44(56)58-2)32-17-23-60-24-18-32/h7-14,25-26,31-32,35-38,43,49,55H,3-6,15-24H2,1-2H3,(H,45,47)(H,46,48)(H,50,56). The van der Waals surface area contributed by atoms with Crippen molar-refractivity contribution in [3.05, 3.63) is 72.6 Å². The highest BCUT2D eigenvalue weighted by Crippen LogP contribution is 2.36. The quantitative estimate of drug-likeness (QED) is 0.115. The van der Waals surface area contributed by atoms with Gasteiger partial charge in [-0.05, 0) is 85.5 Å². The number of likely N-dealkylation sites (tertiary alicyclic amines) is 2. The van der Waals surface area contributed by atoms with Crippen molar-refractivity contribution in [1.82, 2.24) is 40.4 Å². The number of aliphatic hydroxyl groups excluding tert-OH is 1. The van der Waals surface area contributed by atoms with E-state index in [0.717, 1.165) is 83.8 Å². The number of amides is 3. The lowest BCUT2D eigenvalue weighted by molar-refractivity contribution is -0.147. The van der Waals surface area contributed by atoms with Crippen molar-refractivity contribution >= 4 is 17.9 Å². The van der Waals surface area contributed by atoms with E-state index in [1.807, 2.05) is 22.2 Å². The lowest BCUT2D eigenvalue weighted by Gasteiger charge is -2.35. The number of rotatable bonds is 13. The molecule has 5 unspecified atom stereocenters. The molecular formula is C44H56N8O8. The van der Waals surface area contributed by atoms with Crippen LogP contribution in [-0.4, -0.2) is 125 Å². The molecule has 4 aliphatic heterocycles. The number of benzene rings is 2. The van der Waals surface area contributed by atoms with Crippen molar-refractivity contribution in [1.29, 1.82) is 0 Å². The molecule has 4 aromatic rings. The number of carbonyl (C=O) groups excluding carboxylic acids is 3. The number of nitrogens with one attached hydrogen (secondary N) is 4. The molecule has 3 amide bonds. The largest absolute Gasteiger partial charge is 0.453 e. The van der Waals surface area contributed by atoms with Crippen molar-refractivity contribution < 1.29 is 38.4 Å². The van der Waals surface area contributed by atoms with Gasteiger partial charge in [-0.25, -0.2) is 14.8 Å². The first-order chi connectivity index (χ1) is 29.3. The van der Waals surface area contributed by atoms with Crippen molar-refractivity contribution in [2.24, 2.45) is 11.8 Å². The first-order valence-corrected chi connectivity index (χ1v) is 21.2. The number of carbonyl (C=O) groups is 3. The summed E-state index contributed by atoms with van der Waals surface area (Å²) < 4.78 is 21.0. The molecule has 5 atom stereocenters. The maximum absolute atomic E-state index is 14.0. The van der Waals surface area contributed by atoms with Gasteiger partial charge in [-0.1, -0.05) is 48.5 Å². The summed E-state index contributed by atoms with van der Waals surface area (Å²) >= 11 is 0. The molecule has 8 rings (SSSR count). The number of hydrogen-bond acceptors (Lipinski definition) is 11. The lowest BCUT2D eigenvalue weighted by atomic mass is 9.90. The van der Waals surface area contributed by atoms with Gasteiger partial charge in [-0.15, -0.1) is 0 Å². The van der Waals surface area contributed by atoms with Crippen LogP contribution in [0.25, 0.3) is 33.6 Å². The second-order valence-corrected chi connectivity index (χ2v) is 16.1. The van der Waals surface area contributed by atoms with E-state index in [2.05, 4.69) is 69.1 Å². The van der Waals surface area contributed by atoms with Crippen LogP contribution in [0.3, 0.4) is 0 Å².